The first kappa shape index (κ1) is 28.5. The van der Waals surface area contributed by atoms with Crippen molar-refractivity contribution in [3.05, 3.63) is 70.7 Å². The van der Waals surface area contributed by atoms with Crippen LogP contribution in [0.25, 0.3) is 11.4 Å². The molecule has 0 saturated heterocycles. The largest absolute Gasteiger partial charge is 0.480 e. The number of carbonyl (C=O) groups is 3. The highest BCUT2D eigenvalue weighted by molar-refractivity contribution is 7.89. The molecule has 1 heterocycles. The number of aliphatic carboxylic acids is 1. The summed E-state index contributed by atoms with van der Waals surface area (Å²) in [5, 5.41) is 15.3. The van der Waals surface area contributed by atoms with Crippen LogP contribution in [0.5, 0.6) is 0 Å². The lowest BCUT2D eigenvalue weighted by Crippen LogP contribution is -2.43. The van der Waals surface area contributed by atoms with Gasteiger partial charge in [0, 0.05) is 25.6 Å². The van der Waals surface area contributed by atoms with E-state index >= 15 is 0 Å². The Morgan fingerprint density at radius 2 is 1.87 bits per heavy atom. The van der Waals surface area contributed by atoms with Gasteiger partial charge >= 0.3 is 11.7 Å². The predicted octanol–water partition coefficient (Wildman–Crippen LogP) is 1.43. The number of nitrogens with zero attached hydrogens (tertiary/aromatic N) is 2. The van der Waals surface area contributed by atoms with Gasteiger partial charge in [0.05, 0.1) is 10.8 Å². The first-order chi connectivity index (χ1) is 18.1. The van der Waals surface area contributed by atoms with Gasteiger partial charge in [0.15, 0.2) is 5.82 Å². The minimum absolute atomic E-state index is 0.0121. The number of carboxylic acids is 1. The molecule has 0 aliphatic carbocycles. The lowest BCUT2D eigenvalue weighted by molar-refractivity contribution is -0.142. The maximum absolute atomic E-state index is 12.9. The topological polar surface area (TPSA) is 178 Å². The van der Waals surface area contributed by atoms with Crippen LogP contribution in [0.4, 0.5) is 0 Å². The Morgan fingerprint density at radius 3 is 2.50 bits per heavy atom. The molecular weight excluding hydrogens is 516 g/mol. The fourth-order valence-electron chi connectivity index (χ4n) is 3.83. The Morgan fingerprint density at radius 1 is 1.13 bits per heavy atom. The van der Waals surface area contributed by atoms with Gasteiger partial charge in [-0.25, -0.2) is 22.7 Å². The van der Waals surface area contributed by atoms with Gasteiger partial charge in [0.2, 0.25) is 15.9 Å². The molecule has 1 unspecified atom stereocenters. The fraction of sp³-hybridized carbons (Fsp3) is 0.320. The first-order valence-electron chi connectivity index (χ1n) is 11.8. The molecule has 3 N–H and O–H groups in total. The zero-order chi connectivity index (χ0) is 27.7. The maximum atomic E-state index is 12.9. The second-order valence-electron chi connectivity index (χ2n) is 8.52. The number of hydrogen-bond donors (Lipinski definition) is 3. The highest BCUT2D eigenvalue weighted by atomic mass is 32.2. The van der Waals surface area contributed by atoms with Crippen LogP contribution in [0.2, 0.25) is 0 Å². The van der Waals surface area contributed by atoms with Crippen LogP contribution in [0.15, 0.2) is 68.8 Å². The van der Waals surface area contributed by atoms with Crippen molar-refractivity contribution in [2.24, 2.45) is 7.05 Å². The van der Waals surface area contributed by atoms with Crippen molar-refractivity contribution in [3.8, 4) is 11.4 Å². The average molecular weight is 545 g/mol. The fourth-order valence-corrected chi connectivity index (χ4v) is 4.95. The molecule has 13 heteroatoms. The van der Waals surface area contributed by atoms with E-state index in [0.29, 0.717) is 36.7 Å². The lowest BCUT2D eigenvalue weighted by atomic mass is 9.92. The van der Waals surface area contributed by atoms with E-state index in [0.717, 1.165) is 4.57 Å². The molecule has 0 bridgehead atoms. The molecule has 0 saturated carbocycles. The van der Waals surface area contributed by atoms with E-state index in [1.165, 1.54) is 25.2 Å². The number of amides is 1. The highest BCUT2D eigenvalue weighted by Gasteiger charge is 2.26. The van der Waals surface area contributed by atoms with E-state index < -0.39 is 39.6 Å². The number of aromatic nitrogens is 2. The Labute approximate surface area is 218 Å². The van der Waals surface area contributed by atoms with E-state index in [9.17, 15) is 32.7 Å². The number of aldehydes is 1. The SMILES string of the molecule is Cn1c(-c2cccc(S(=O)(=O)NCCCCC(C(=O)N[C@@H](CC=O)C(=O)O)c3ccccc3)c2)noc1=O. The minimum atomic E-state index is -3.87. The molecule has 0 radical (unpaired) electrons. The number of carboxylic acid groups (broad SMARTS) is 1. The van der Waals surface area contributed by atoms with Crippen LogP contribution in [0.3, 0.4) is 0 Å². The minimum Gasteiger partial charge on any atom is -0.480 e. The maximum Gasteiger partial charge on any atom is 0.441 e. The molecular formula is C25H28N4O8S. The molecule has 3 rings (SSSR count). The van der Waals surface area contributed by atoms with Crippen molar-refractivity contribution in [3.63, 3.8) is 0 Å². The van der Waals surface area contributed by atoms with Crippen LogP contribution in [0.1, 0.15) is 37.2 Å². The second kappa shape index (κ2) is 12.9. The van der Waals surface area contributed by atoms with Gasteiger partial charge in [-0.2, -0.15) is 0 Å². The molecule has 1 amide bonds. The number of benzene rings is 2. The smallest absolute Gasteiger partial charge is 0.441 e. The van der Waals surface area contributed by atoms with E-state index in [1.54, 1.807) is 36.4 Å². The van der Waals surface area contributed by atoms with Gasteiger partial charge in [-0.3, -0.25) is 13.9 Å². The zero-order valence-electron chi connectivity index (χ0n) is 20.6. The van der Waals surface area contributed by atoms with Crippen LogP contribution in [-0.2, 0) is 31.5 Å². The number of carbonyl (C=O) groups excluding carboxylic acids is 2. The van der Waals surface area contributed by atoms with Crippen LogP contribution in [-0.4, -0.2) is 54.0 Å². The van der Waals surface area contributed by atoms with Gasteiger partial charge < -0.3 is 15.2 Å². The number of nitrogens with one attached hydrogen (secondary N) is 2. The molecule has 2 aromatic carbocycles. The van der Waals surface area contributed by atoms with Crippen molar-refractivity contribution in [1.82, 2.24) is 19.8 Å². The molecule has 1 aromatic heterocycles. The Hall–Kier alpha value is -4.10. The summed E-state index contributed by atoms with van der Waals surface area (Å²) in [7, 11) is -2.41. The third kappa shape index (κ3) is 7.23. The summed E-state index contributed by atoms with van der Waals surface area (Å²) in [6, 6.07) is 13.4. The van der Waals surface area contributed by atoms with Gasteiger partial charge in [-0.15, -0.1) is 0 Å². The molecule has 0 spiro atoms. The molecule has 2 atom stereocenters. The highest BCUT2D eigenvalue weighted by Crippen LogP contribution is 2.23. The third-order valence-electron chi connectivity index (χ3n) is 5.88. The number of rotatable bonds is 14. The van der Waals surface area contributed by atoms with Gasteiger partial charge in [0.25, 0.3) is 0 Å². The van der Waals surface area contributed by atoms with Crippen molar-refractivity contribution in [2.75, 3.05) is 6.54 Å². The van der Waals surface area contributed by atoms with Crippen molar-refractivity contribution in [1.29, 1.82) is 0 Å². The second-order valence-corrected chi connectivity index (χ2v) is 10.3. The third-order valence-corrected chi connectivity index (χ3v) is 7.34. The molecule has 0 aliphatic rings. The summed E-state index contributed by atoms with van der Waals surface area (Å²) in [4.78, 5) is 46.5. The van der Waals surface area contributed by atoms with E-state index in [2.05, 4.69) is 19.7 Å². The van der Waals surface area contributed by atoms with E-state index in [-0.39, 0.29) is 23.7 Å². The van der Waals surface area contributed by atoms with Crippen molar-refractivity contribution >= 4 is 28.2 Å². The zero-order valence-corrected chi connectivity index (χ0v) is 21.4. The number of hydrogen-bond acceptors (Lipinski definition) is 8. The molecule has 0 aliphatic heterocycles. The Kier molecular flexibility index (Phi) is 9.68. The standard InChI is InChI=1S/C25H28N4O8S/c1-29-22(28-37-25(29)34)18-10-7-11-19(16-18)38(35,36)26-14-6-5-12-20(17-8-3-2-4-9-17)23(31)27-21(13-15-30)24(32)33/h2-4,7-11,15-16,20-21,26H,5-6,12-14H2,1H3,(H,27,31)(H,32,33)/t20?,21-/m0/s1. The summed E-state index contributed by atoms with van der Waals surface area (Å²) in [5.74, 6) is -2.98. The van der Waals surface area contributed by atoms with E-state index in [1.807, 2.05) is 0 Å². The number of unbranched alkanes of at least 4 members (excludes halogenated alkanes) is 1. The summed E-state index contributed by atoms with van der Waals surface area (Å²) in [5.41, 5.74) is 1.08. The lowest BCUT2D eigenvalue weighted by Gasteiger charge is -2.20. The van der Waals surface area contributed by atoms with Crippen molar-refractivity contribution in [2.45, 2.75) is 42.5 Å². The molecule has 12 nitrogen and oxygen atoms in total. The quantitative estimate of drug-likeness (QED) is 0.200. The van der Waals surface area contributed by atoms with Gasteiger partial charge in [-0.1, -0.05) is 54.0 Å². The summed E-state index contributed by atoms with van der Waals surface area (Å²) >= 11 is 0. The molecule has 3 aromatic rings. The summed E-state index contributed by atoms with van der Waals surface area (Å²) < 4.78 is 33.9. The van der Waals surface area contributed by atoms with Crippen molar-refractivity contribution < 1.29 is 32.4 Å². The summed E-state index contributed by atoms with van der Waals surface area (Å²) in [6.07, 6.45) is 1.29. The average Bonchev–Trinajstić information content (AvgIpc) is 3.24. The van der Waals surface area contributed by atoms with Crippen LogP contribution >= 0.6 is 0 Å². The molecule has 202 valence electrons. The van der Waals surface area contributed by atoms with E-state index in [4.69, 9.17) is 0 Å². The van der Waals surface area contributed by atoms with Crippen LogP contribution < -0.4 is 15.8 Å². The van der Waals surface area contributed by atoms with Gasteiger partial charge in [-0.05, 0) is 30.5 Å². The van der Waals surface area contributed by atoms with Crippen LogP contribution in [0, 0.1) is 0 Å². The number of sulfonamides is 1. The summed E-state index contributed by atoms with van der Waals surface area (Å²) in [6.45, 7) is 0.0982. The first-order valence-corrected chi connectivity index (χ1v) is 13.3. The normalized spacial score (nSPS) is 13.0. The molecule has 38 heavy (non-hydrogen) atoms. The van der Waals surface area contributed by atoms with Gasteiger partial charge in [0.1, 0.15) is 12.3 Å². The Balaban J connectivity index is 1.61. The Bertz CT molecular complexity index is 1430. The predicted molar refractivity (Wildman–Crippen MR) is 136 cm³/mol. The molecule has 0 fully saturated rings. The monoisotopic (exact) mass is 544 g/mol.